The second kappa shape index (κ2) is 5.85. The minimum atomic E-state index is 0.362. The number of fused-ring (bicyclic) bond motifs is 2. The van der Waals surface area contributed by atoms with Gasteiger partial charge in [0, 0.05) is 27.6 Å². The van der Waals surface area contributed by atoms with Crippen LogP contribution >= 0.6 is 22.9 Å². The van der Waals surface area contributed by atoms with E-state index in [1.54, 1.807) is 11.3 Å². The van der Waals surface area contributed by atoms with Crippen molar-refractivity contribution in [3.8, 4) is 11.3 Å². The Hall–Kier alpha value is -1.39. The summed E-state index contributed by atoms with van der Waals surface area (Å²) in [6.45, 7) is 7.17. The third kappa shape index (κ3) is 2.66. The number of rotatable bonds is 3. The Labute approximate surface area is 152 Å². The highest BCUT2D eigenvalue weighted by atomic mass is 35.5. The van der Waals surface area contributed by atoms with Gasteiger partial charge in [-0.1, -0.05) is 44.5 Å². The summed E-state index contributed by atoms with van der Waals surface area (Å²) in [6, 6.07) is 7.77. The zero-order valence-electron chi connectivity index (χ0n) is 14.2. The Morgan fingerprint density at radius 3 is 2.71 bits per heavy atom. The number of aromatic nitrogens is 1. The number of anilines is 1. The van der Waals surface area contributed by atoms with Crippen LogP contribution in [0.3, 0.4) is 0 Å². The first-order valence-corrected chi connectivity index (χ1v) is 9.75. The van der Waals surface area contributed by atoms with Crippen molar-refractivity contribution >= 4 is 33.8 Å². The smallest absolute Gasteiger partial charge is 0.203 e. The Balaban J connectivity index is 1.49. The molecule has 24 heavy (non-hydrogen) atoms. The van der Waals surface area contributed by atoms with Crippen molar-refractivity contribution < 1.29 is 0 Å². The van der Waals surface area contributed by atoms with Crippen LogP contribution in [0.4, 0.5) is 5.13 Å². The number of thiazole rings is 1. The highest BCUT2D eigenvalue weighted by Gasteiger charge is 2.53. The van der Waals surface area contributed by atoms with Gasteiger partial charge in [-0.3, -0.25) is 5.43 Å². The van der Waals surface area contributed by atoms with Gasteiger partial charge in [-0.2, -0.15) is 5.10 Å². The number of hydrogen-bond acceptors (Lipinski definition) is 4. The maximum atomic E-state index is 5.94. The van der Waals surface area contributed by atoms with Crippen molar-refractivity contribution in [2.24, 2.45) is 28.3 Å². The molecule has 2 bridgehead atoms. The van der Waals surface area contributed by atoms with E-state index in [4.69, 9.17) is 16.7 Å². The summed E-state index contributed by atoms with van der Waals surface area (Å²) in [5, 5.41) is 8.37. The largest absolute Gasteiger partial charge is 0.253 e. The van der Waals surface area contributed by atoms with Crippen molar-refractivity contribution in [2.45, 2.75) is 33.6 Å². The second-order valence-electron chi connectivity index (χ2n) is 7.62. The molecule has 1 aromatic heterocycles. The average Bonchev–Trinajstić information content (AvgIpc) is 3.24. The normalized spacial score (nSPS) is 29.3. The molecule has 0 amide bonds. The predicted octanol–water partition coefficient (Wildman–Crippen LogP) is 5.93. The van der Waals surface area contributed by atoms with Crippen LogP contribution in [-0.4, -0.2) is 10.7 Å². The van der Waals surface area contributed by atoms with Gasteiger partial charge in [0.25, 0.3) is 0 Å². The summed E-state index contributed by atoms with van der Waals surface area (Å²) in [5.74, 6) is 2.20. The predicted molar refractivity (Wildman–Crippen MR) is 103 cm³/mol. The number of hydrogen-bond donors (Lipinski definition) is 1. The van der Waals surface area contributed by atoms with Gasteiger partial charge in [0.2, 0.25) is 5.13 Å². The molecule has 0 spiro atoms. The van der Waals surface area contributed by atoms with Gasteiger partial charge >= 0.3 is 0 Å². The Morgan fingerprint density at radius 2 is 2.04 bits per heavy atom. The summed E-state index contributed by atoms with van der Waals surface area (Å²) < 4.78 is 0. The molecule has 0 saturated heterocycles. The molecule has 1 aromatic carbocycles. The third-order valence-corrected chi connectivity index (χ3v) is 7.13. The van der Waals surface area contributed by atoms with E-state index in [2.05, 4.69) is 36.6 Å². The highest BCUT2D eigenvalue weighted by Crippen LogP contribution is 2.57. The molecule has 126 valence electrons. The molecule has 2 fully saturated rings. The van der Waals surface area contributed by atoms with Crippen molar-refractivity contribution in [1.82, 2.24) is 4.98 Å². The van der Waals surface area contributed by atoms with Crippen LogP contribution in [0.2, 0.25) is 5.02 Å². The molecule has 5 heteroatoms. The Morgan fingerprint density at radius 1 is 1.29 bits per heavy atom. The molecule has 0 aliphatic heterocycles. The summed E-state index contributed by atoms with van der Waals surface area (Å²) in [5.41, 5.74) is 6.92. The van der Waals surface area contributed by atoms with Crippen molar-refractivity contribution in [1.29, 1.82) is 0 Å². The lowest BCUT2D eigenvalue weighted by Gasteiger charge is -2.36. The minimum Gasteiger partial charge on any atom is -0.253 e. The van der Waals surface area contributed by atoms with Gasteiger partial charge in [0.1, 0.15) is 0 Å². The lowest BCUT2D eigenvalue weighted by molar-refractivity contribution is 0.199. The van der Waals surface area contributed by atoms with Crippen LogP contribution in [0.5, 0.6) is 0 Å². The lowest BCUT2D eigenvalue weighted by atomic mass is 9.69. The molecule has 0 radical (unpaired) electrons. The maximum Gasteiger partial charge on any atom is 0.203 e. The van der Waals surface area contributed by atoms with Crippen LogP contribution in [0.15, 0.2) is 34.7 Å². The van der Waals surface area contributed by atoms with E-state index in [0.29, 0.717) is 11.3 Å². The molecule has 2 aliphatic carbocycles. The third-order valence-electron chi connectivity index (χ3n) is 6.13. The first-order chi connectivity index (χ1) is 11.4. The van der Waals surface area contributed by atoms with Gasteiger partial charge in [0.15, 0.2) is 0 Å². The first-order valence-electron chi connectivity index (χ1n) is 8.49. The fourth-order valence-corrected chi connectivity index (χ4v) is 5.08. The Bertz CT molecular complexity index is 778. The quantitative estimate of drug-likeness (QED) is 0.689. The molecule has 2 saturated carbocycles. The van der Waals surface area contributed by atoms with E-state index in [9.17, 15) is 0 Å². The average molecular weight is 360 g/mol. The van der Waals surface area contributed by atoms with E-state index in [-0.39, 0.29) is 0 Å². The molecule has 0 unspecified atom stereocenters. The van der Waals surface area contributed by atoms with Crippen molar-refractivity contribution in [3.63, 3.8) is 0 Å². The van der Waals surface area contributed by atoms with Crippen molar-refractivity contribution in [2.75, 3.05) is 5.43 Å². The number of benzene rings is 1. The summed E-state index contributed by atoms with van der Waals surface area (Å²) in [6.07, 6.45) is 2.43. The van der Waals surface area contributed by atoms with Gasteiger partial charge in [-0.25, -0.2) is 4.98 Å². The number of halogens is 1. The SMILES string of the molecule is C[C@@H]1[C@@H]2C/C(=N\Nc3nc(-c4ccc(Cl)cc4)cs3)[C@@H](C2)C1(C)C. The van der Waals surface area contributed by atoms with Crippen LogP contribution in [0.25, 0.3) is 11.3 Å². The van der Waals surface area contributed by atoms with Crippen LogP contribution in [0, 0.1) is 23.2 Å². The molecule has 3 nitrogen and oxygen atoms in total. The van der Waals surface area contributed by atoms with E-state index in [1.165, 1.54) is 12.1 Å². The topological polar surface area (TPSA) is 37.3 Å². The standard InChI is InChI=1S/C19H22ClN3S/c1-11-13-8-15(19(11,2)3)16(9-13)22-23-18-21-17(10-24-18)12-4-6-14(20)7-5-12/h4-7,10-11,13,15H,8-9H2,1-3H3,(H,21,23)/b22-16+/t11-,13+,15-/m1/s1. The maximum absolute atomic E-state index is 5.94. The van der Waals surface area contributed by atoms with E-state index in [0.717, 1.165) is 39.7 Å². The number of nitrogens with zero attached hydrogens (tertiary/aromatic N) is 2. The minimum absolute atomic E-state index is 0.362. The number of nitrogens with one attached hydrogen (secondary N) is 1. The molecule has 4 rings (SSSR count). The summed E-state index contributed by atoms with van der Waals surface area (Å²) in [7, 11) is 0. The summed E-state index contributed by atoms with van der Waals surface area (Å²) in [4.78, 5) is 4.64. The first kappa shape index (κ1) is 16.1. The van der Waals surface area contributed by atoms with E-state index in [1.807, 2.05) is 24.3 Å². The van der Waals surface area contributed by atoms with E-state index < -0.39 is 0 Å². The summed E-state index contributed by atoms with van der Waals surface area (Å²) >= 11 is 7.53. The zero-order chi connectivity index (χ0) is 16.9. The highest BCUT2D eigenvalue weighted by molar-refractivity contribution is 7.14. The van der Waals surface area contributed by atoms with Crippen LogP contribution in [-0.2, 0) is 0 Å². The van der Waals surface area contributed by atoms with Crippen molar-refractivity contribution in [3.05, 3.63) is 34.7 Å². The fourth-order valence-electron chi connectivity index (χ4n) is 4.29. The van der Waals surface area contributed by atoms with Gasteiger partial charge in [-0.05, 0) is 42.2 Å². The molecular weight excluding hydrogens is 338 g/mol. The monoisotopic (exact) mass is 359 g/mol. The molecule has 1 heterocycles. The second-order valence-corrected chi connectivity index (χ2v) is 8.92. The van der Waals surface area contributed by atoms with Crippen LogP contribution in [0.1, 0.15) is 33.6 Å². The van der Waals surface area contributed by atoms with Gasteiger partial charge < -0.3 is 0 Å². The molecular formula is C19H22ClN3S. The molecule has 2 aromatic rings. The Kier molecular flexibility index (Phi) is 3.92. The molecule has 3 atom stereocenters. The zero-order valence-corrected chi connectivity index (χ0v) is 15.8. The van der Waals surface area contributed by atoms with Crippen LogP contribution < -0.4 is 5.43 Å². The van der Waals surface area contributed by atoms with Gasteiger partial charge in [0.05, 0.1) is 5.69 Å². The van der Waals surface area contributed by atoms with E-state index >= 15 is 0 Å². The fraction of sp³-hybridized carbons (Fsp3) is 0.474. The molecule has 1 N–H and O–H groups in total. The molecule has 2 aliphatic rings. The lowest BCUT2D eigenvalue weighted by Crippen LogP contribution is -2.34. The number of hydrazone groups is 1. The van der Waals surface area contributed by atoms with Gasteiger partial charge in [-0.15, -0.1) is 11.3 Å².